The molecular formula is C16H19NO3. The molecule has 0 saturated heterocycles. The summed E-state index contributed by atoms with van der Waals surface area (Å²) in [5, 5.41) is 2.88. The minimum atomic E-state index is -0.509. The Balaban J connectivity index is 2.13. The van der Waals surface area contributed by atoms with Crippen LogP contribution in [0.1, 0.15) is 44.4 Å². The van der Waals surface area contributed by atoms with Crippen LogP contribution in [0.15, 0.2) is 18.2 Å². The van der Waals surface area contributed by atoms with Crippen LogP contribution >= 0.6 is 0 Å². The van der Waals surface area contributed by atoms with Crippen LogP contribution in [0.3, 0.4) is 0 Å². The fourth-order valence-electron chi connectivity index (χ4n) is 2.08. The maximum Gasteiger partial charge on any atom is 0.408 e. The number of carbonyl (C=O) groups is 1. The van der Waals surface area contributed by atoms with E-state index in [-0.39, 0.29) is 6.04 Å². The molecule has 20 heavy (non-hydrogen) atoms. The van der Waals surface area contributed by atoms with Gasteiger partial charge >= 0.3 is 6.09 Å². The first-order valence-electron chi connectivity index (χ1n) is 6.62. The predicted octanol–water partition coefficient (Wildman–Crippen LogP) is 3.02. The molecule has 0 aliphatic carbocycles. The standard InChI is InChI=1S/C16H19NO3/c1-5-11-6-7-12-13(8-9-19-14(12)10-11)17-15(18)20-16(2,3)4/h1,6-7,10,13H,8-9H2,2-4H3,(H,17,18)/t13-/m0/s1. The fraction of sp³-hybridized carbons (Fsp3) is 0.438. The summed E-state index contributed by atoms with van der Waals surface area (Å²) in [4.78, 5) is 11.9. The number of alkyl carbamates (subject to hydrolysis) is 1. The van der Waals surface area contributed by atoms with Crippen molar-refractivity contribution in [2.45, 2.75) is 38.8 Å². The van der Waals surface area contributed by atoms with Gasteiger partial charge in [0.15, 0.2) is 0 Å². The minimum Gasteiger partial charge on any atom is -0.493 e. The number of benzene rings is 1. The molecule has 1 aliphatic rings. The number of terminal acetylenes is 1. The predicted molar refractivity (Wildman–Crippen MR) is 76.6 cm³/mol. The van der Waals surface area contributed by atoms with Crippen LogP contribution in [0.25, 0.3) is 0 Å². The van der Waals surface area contributed by atoms with Crippen molar-refractivity contribution in [1.82, 2.24) is 5.32 Å². The van der Waals surface area contributed by atoms with Crippen molar-refractivity contribution in [2.24, 2.45) is 0 Å². The van der Waals surface area contributed by atoms with Crippen LogP contribution in [0.5, 0.6) is 5.75 Å². The third-order valence-electron chi connectivity index (χ3n) is 2.91. The number of amides is 1. The number of fused-ring (bicyclic) bond motifs is 1. The van der Waals surface area contributed by atoms with Gasteiger partial charge in [-0.1, -0.05) is 12.0 Å². The Morgan fingerprint density at radius 2 is 2.25 bits per heavy atom. The van der Waals surface area contributed by atoms with Crippen LogP contribution in [0, 0.1) is 12.3 Å². The third-order valence-corrected chi connectivity index (χ3v) is 2.91. The number of rotatable bonds is 1. The Morgan fingerprint density at radius 3 is 2.90 bits per heavy atom. The van der Waals surface area contributed by atoms with Crippen molar-refractivity contribution in [2.75, 3.05) is 6.61 Å². The van der Waals surface area contributed by atoms with Gasteiger partial charge in [0.05, 0.1) is 12.6 Å². The first kappa shape index (κ1) is 14.3. The van der Waals surface area contributed by atoms with Gasteiger partial charge in [-0.15, -0.1) is 6.42 Å². The van der Waals surface area contributed by atoms with Crippen molar-refractivity contribution in [1.29, 1.82) is 0 Å². The molecule has 1 aliphatic heterocycles. The summed E-state index contributed by atoms with van der Waals surface area (Å²) in [6.45, 7) is 6.05. The summed E-state index contributed by atoms with van der Waals surface area (Å²) in [6, 6.07) is 5.45. The van der Waals surface area contributed by atoms with E-state index in [1.165, 1.54) is 0 Å². The highest BCUT2D eigenvalue weighted by Gasteiger charge is 2.25. The lowest BCUT2D eigenvalue weighted by molar-refractivity contribution is 0.0491. The van der Waals surface area contributed by atoms with Gasteiger partial charge in [-0.25, -0.2) is 4.79 Å². The summed E-state index contributed by atoms with van der Waals surface area (Å²) in [5.74, 6) is 3.30. The maximum atomic E-state index is 11.9. The largest absolute Gasteiger partial charge is 0.493 e. The number of carbonyl (C=O) groups excluding carboxylic acids is 1. The topological polar surface area (TPSA) is 47.6 Å². The molecule has 2 rings (SSSR count). The number of hydrogen-bond acceptors (Lipinski definition) is 3. The van der Waals surface area contributed by atoms with E-state index in [1.54, 1.807) is 0 Å². The zero-order valence-corrected chi connectivity index (χ0v) is 12.0. The summed E-state index contributed by atoms with van der Waals surface area (Å²) in [6.07, 6.45) is 5.66. The monoisotopic (exact) mass is 273 g/mol. The van der Waals surface area contributed by atoms with E-state index in [4.69, 9.17) is 15.9 Å². The molecule has 4 nitrogen and oxygen atoms in total. The highest BCUT2D eigenvalue weighted by atomic mass is 16.6. The quantitative estimate of drug-likeness (QED) is 0.800. The summed E-state index contributed by atoms with van der Waals surface area (Å²) < 4.78 is 10.9. The van der Waals surface area contributed by atoms with E-state index in [0.717, 1.165) is 16.9 Å². The molecule has 0 fully saturated rings. The molecule has 0 saturated carbocycles. The molecule has 0 spiro atoms. The molecule has 0 aromatic heterocycles. The number of nitrogens with one attached hydrogen (secondary N) is 1. The molecule has 1 N–H and O–H groups in total. The zero-order chi connectivity index (χ0) is 14.8. The van der Waals surface area contributed by atoms with Crippen molar-refractivity contribution in [3.63, 3.8) is 0 Å². The second kappa shape index (κ2) is 5.46. The molecule has 4 heteroatoms. The van der Waals surface area contributed by atoms with Crippen molar-refractivity contribution in [3.05, 3.63) is 29.3 Å². The zero-order valence-electron chi connectivity index (χ0n) is 12.0. The lowest BCUT2D eigenvalue weighted by atomic mass is 9.99. The molecule has 0 bridgehead atoms. The lowest BCUT2D eigenvalue weighted by Gasteiger charge is -2.28. The fourth-order valence-corrected chi connectivity index (χ4v) is 2.08. The Labute approximate surface area is 119 Å². The van der Waals surface area contributed by atoms with Gasteiger partial charge in [0.1, 0.15) is 11.4 Å². The normalized spacial score (nSPS) is 17.4. The van der Waals surface area contributed by atoms with E-state index in [2.05, 4.69) is 11.2 Å². The SMILES string of the molecule is C#Cc1ccc2c(c1)OCC[C@@H]2NC(=O)OC(C)(C)C. The van der Waals surface area contributed by atoms with Crippen LogP contribution in [0.2, 0.25) is 0 Å². The van der Waals surface area contributed by atoms with Crippen LogP contribution in [0.4, 0.5) is 4.79 Å². The third kappa shape index (κ3) is 3.45. The Bertz CT molecular complexity index is 552. The Kier molecular flexibility index (Phi) is 3.89. The van der Waals surface area contributed by atoms with Gasteiger partial charge in [-0.2, -0.15) is 0 Å². The summed E-state index contributed by atoms with van der Waals surface area (Å²) >= 11 is 0. The second-order valence-corrected chi connectivity index (χ2v) is 5.73. The first-order valence-corrected chi connectivity index (χ1v) is 6.62. The van der Waals surface area contributed by atoms with Gasteiger partial charge in [0, 0.05) is 17.5 Å². The van der Waals surface area contributed by atoms with Gasteiger partial charge in [-0.05, 0) is 32.9 Å². The summed E-state index contributed by atoms with van der Waals surface area (Å²) in [5.41, 5.74) is 1.19. The molecule has 1 amide bonds. The van der Waals surface area contributed by atoms with E-state index in [1.807, 2.05) is 39.0 Å². The number of ether oxygens (including phenoxy) is 2. The van der Waals surface area contributed by atoms with Crippen molar-refractivity contribution >= 4 is 6.09 Å². The Hall–Kier alpha value is -2.15. The van der Waals surface area contributed by atoms with Crippen molar-refractivity contribution in [3.8, 4) is 18.1 Å². The van der Waals surface area contributed by atoms with E-state index in [9.17, 15) is 4.79 Å². The molecule has 106 valence electrons. The second-order valence-electron chi connectivity index (χ2n) is 5.73. The Morgan fingerprint density at radius 1 is 1.50 bits per heavy atom. The average Bonchev–Trinajstić information content (AvgIpc) is 2.36. The van der Waals surface area contributed by atoms with Gasteiger partial charge in [0.2, 0.25) is 0 Å². The first-order chi connectivity index (χ1) is 9.39. The van der Waals surface area contributed by atoms with Crippen molar-refractivity contribution < 1.29 is 14.3 Å². The van der Waals surface area contributed by atoms with E-state index >= 15 is 0 Å². The van der Waals surface area contributed by atoms with Gasteiger partial charge < -0.3 is 14.8 Å². The van der Waals surface area contributed by atoms with Crippen LogP contribution < -0.4 is 10.1 Å². The van der Waals surface area contributed by atoms with Gasteiger partial charge in [-0.3, -0.25) is 0 Å². The lowest BCUT2D eigenvalue weighted by Crippen LogP contribution is -2.36. The highest BCUT2D eigenvalue weighted by Crippen LogP contribution is 2.32. The maximum absolute atomic E-state index is 11.9. The number of hydrogen-bond donors (Lipinski definition) is 1. The highest BCUT2D eigenvalue weighted by molar-refractivity contribution is 5.68. The van der Waals surface area contributed by atoms with Gasteiger partial charge in [0.25, 0.3) is 0 Å². The molecule has 1 atom stereocenters. The average molecular weight is 273 g/mol. The molecule has 1 aromatic carbocycles. The molecular weight excluding hydrogens is 254 g/mol. The van der Waals surface area contributed by atoms with E-state index in [0.29, 0.717) is 13.0 Å². The van der Waals surface area contributed by atoms with Crippen LogP contribution in [-0.2, 0) is 4.74 Å². The molecule has 1 heterocycles. The minimum absolute atomic E-state index is 0.111. The summed E-state index contributed by atoms with van der Waals surface area (Å²) in [7, 11) is 0. The van der Waals surface area contributed by atoms with Crippen LogP contribution in [-0.4, -0.2) is 18.3 Å². The van der Waals surface area contributed by atoms with E-state index < -0.39 is 11.7 Å². The molecule has 0 radical (unpaired) electrons. The molecule has 1 aromatic rings. The smallest absolute Gasteiger partial charge is 0.408 e. The molecule has 0 unspecified atom stereocenters.